The summed E-state index contributed by atoms with van der Waals surface area (Å²) >= 11 is 0. The highest BCUT2D eigenvalue weighted by Crippen LogP contribution is 2.49. The molecule has 21 heavy (non-hydrogen) atoms. The Bertz CT molecular complexity index is 411. The van der Waals surface area contributed by atoms with Crippen LogP contribution in [-0.2, 0) is 23.7 Å². The smallest absolute Gasteiger partial charge is 0.187 e. The highest BCUT2D eigenvalue weighted by atomic mass is 16.8. The first-order chi connectivity index (χ1) is 9.49. The molecule has 0 radical (unpaired) electrons. The summed E-state index contributed by atoms with van der Waals surface area (Å²) in [4.78, 5) is 0. The fraction of sp³-hybridized carbons (Fsp3) is 1.00. The van der Waals surface area contributed by atoms with Crippen LogP contribution in [0.3, 0.4) is 0 Å². The minimum Gasteiger partial charge on any atom is -0.348 e. The van der Waals surface area contributed by atoms with Gasteiger partial charge in [-0.3, -0.25) is 0 Å². The second kappa shape index (κ2) is 4.65. The predicted octanol–water partition coefficient (Wildman–Crippen LogP) is 2.68. The summed E-state index contributed by atoms with van der Waals surface area (Å²) in [6.45, 7) is 14.9. The van der Waals surface area contributed by atoms with Crippen LogP contribution in [0.25, 0.3) is 0 Å². The Labute approximate surface area is 127 Å². The third-order valence-electron chi connectivity index (χ3n) is 4.48. The molecule has 0 aliphatic carbocycles. The molecule has 3 aliphatic rings. The van der Waals surface area contributed by atoms with Crippen LogP contribution in [0, 0.1) is 11.3 Å². The van der Waals surface area contributed by atoms with Gasteiger partial charge in [-0.2, -0.15) is 0 Å². The Balaban J connectivity index is 1.82. The van der Waals surface area contributed by atoms with Crippen LogP contribution in [0.2, 0.25) is 0 Å². The fourth-order valence-electron chi connectivity index (χ4n) is 3.71. The summed E-state index contributed by atoms with van der Waals surface area (Å²) < 4.78 is 29.9. The lowest BCUT2D eigenvalue weighted by Crippen LogP contribution is -2.44. The molecule has 0 aromatic carbocycles. The highest BCUT2D eigenvalue weighted by molar-refractivity contribution is 5.01. The molecule has 5 heteroatoms. The standard InChI is InChI=1S/C16H28O5/c1-14(2,3)10-11(9-8-17-15(4,5)19-9)18-13-12(10)20-16(6,7)21-13/h9-13H,8H2,1-7H3/t9?,10-,11+,12+,13+/m1/s1. The van der Waals surface area contributed by atoms with Gasteiger partial charge in [-0.25, -0.2) is 0 Å². The third kappa shape index (κ3) is 2.86. The molecule has 3 saturated heterocycles. The van der Waals surface area contributed by atoms with Crippen LogP contribution in [0.5, 0.6) is 0 Å². The second-order valence-electron chi connectivity index (χ2n) is 8.33. The van der Waals surface area contributed by atoms with Gasteiger partial charge in [-0.05, 0) is 33.1 Å². The summed E-state index contributed by atoms with van der Waals surface area (Å²) in [7, 11) is 0. The summed E-state index contributed by atoms with van der Waals surface area (Å²) in [5, 5.41) is 0. The van der Waals surface area contributed by atoms with E-state index in [2.05, 4.69) is 20.8 Å². The van der Waals surface area contributed by atoms with Crippen molar-refractivity contribution in [2.45, 2.75) is 84.6 Å². The zero-order valence-electron chi connectivity index (χ0n) is 14.1. The van der Waals surface area contributed by atoms with Crippen molar-refractivity contribution in [3.63, 3.8) is 0 Å². The number of hydrogen-bond acceptors (Lipinski definition) is 5. The average Bonchev–Trinajstić information content (AvgIpc) is 2.85. The monoisotopic (exact) mass is 300 g/mol. The molecular formula is C16H28O5. The lowest BCUT2D eigenvalue weighted by Gasteiger charge is -2.36. The van der Waals surface area contributed by atoms with E-state index in [9.17, 15) is 0 Å². The van der Waals surface area contributed by atoms with Crippen LogP contribution in [0.1, 0.15) is 48.5 Å². The van der Waals surface area contributed by atoms with Gasteiger partial charge in [0.1, 0.15) is 12.2 Å². The molecule has 122 valence electrons. The Kier molecular flexibility index (Phi) is 3.47. The summed E-state index contributed by atoms with van der Waals surface area (Å²) in [6.07, 6.45) is -0.526. The molecule has 5 nitrogen and oxygen atoms in total. The molecule has 0 aromatic rings. The van der Waals surface area contributed by atoms with Gasteiger partial charge in [0.05, 0.1) is 12.7 Å². The zero-order chi connectivity index (χ0) is 15.6. The van der Waals surface area contributed by atoms with E-state index < -0.39 is 11.6 Å². The van der Waals surface area contributed by atoms with Crippen LogP contribution in [0.15, 0.2) is 0 Å². The maximum Gasteiger partial charge on any atom is 0.187 e. The van der Waals surface area contributed by atoms with Gasteiger partial charge >= 0.3 is 0 Å². The molecule has 3 rings (SSSR count). The minimum absolute atomic E-state index is 0.0317. The highest BCUT2D eigenvalue weighted by Gasteiger charge is 2.60. The van der Waals surface area contributed by atoms with Gasteiger partial charge in [0.25, 0.3) is 0 Å². The lowest BCUT2D eigenvalue weighted by molar-refractivity contribution is -0.231. The first-order valence-corrected chi connectivity index (χ1v) is 7.81. The molecule has 0 N–H and O–H groups in total. The Morgan fingerprint density at radius 2 is 1.52 bits per heavy atom. The van der Waals surface area contributed by atoms with Gasteiger partial charge in [0.2, 0.25) is 0 Å². The normalized spacial score (nSPS) is 45.0. The van der Waals surface area contributed by atoms with E-state index in [1.165, 1.54) is 0 Å². The first-order valence-electron chi connectivity index (χ1n) is 7.81. The van der Waals surface area contributed by atoms with Crippen LogP contribution >= 0.6 is 0 Å². The molecule has 0 aromatic heterocycles. The topological polar surface area (TPSA) is 46.2 Å². The Hall–Kier alpha value is -0.200. The number of ether oxygens (including phenoxy) is 5. The van der Waals surface area contributed by atoms with E-state index in [1.807, 2.05) is 27.7 Å². The van der Waals surface area contributed by atoms with Crippen LogP contribution in [-0.4, -0.2) is 42.8 Å². The quantitative estimate of drug-likeness (QED) is 0.745. The number of fused-ring (bicyclic) bond motifs is 1. The van der Waals surface area contributed by atoms with Crippen molar-refractivity contribution in [2.75, 3.05) is 6.61 Å². The third-order valence-corrected chi connectivity index (χ3v) is 4.48. The van der Waals surface area contributed by atoms with Gasteiger partial charge in [0, 0.05) is 5.92 Å². The van der Waals surface area contributed by atoms with Crippen LogP contribution in [0.4, 0.5) is 0 Å². The summed E-state index contributed by atoms with van der Waals surface area (Å²) in [6, 6.07) is 0. The van der Waals surface area contributed by atoms with E-state index >= 15 is 0 Å². The molecule has 1 unspecified atom stereocenters. The van der Waals surface area contributed by atoms with E-state index in [4.69, 9.17) is 23.7 Å². The molecule has 3 heterocycles. The van der Waals surface area contributed by atoms with E-state index in [0.29, 0.717) is 6.61 Å². The van der Waals surface area contributed by atoms with Crippen molar-refractivity contribution >= 4 is 0 Å². The van der Waals surface area contributed by atoms with Crippen molar-refractivity contribution in [2.24, 2.45) is 11.3 Å². The predicted molar refractivity (Wildman–Crippen MR) is 76.5 cm³/mol. The summed E-state index contributed by atoms with van der Waals surface area (Å²) in [5.41, 5.74) is 0.0317. The molecule has 0 bridgehead atoms. The summed E-state index contributed by atoms with van der Waals surface area (Å²) in [5.74, 6) is -0.933. The number of rotatable bonds is 1. The average molecular weight is 300 g/mol. The maximum atomic E-state index is 6.19. The van der Waals surface area contributed by atoms with E-state index in [0.717, 1.165) is 0 Å². The molecule has 5 atom stereocenters. The van der Waals surface area contributed by atoms with Crippen molar-refractivity contribution in [1.82, 2.24) is 0 Å². The molecule has 3 aliphatic heterocycles. The van der Waals surface area contributed by atoms with Crippen molar-refractivity contribution in [3.05, 3.63) is 0 Å². The number of hydrogen-bond donors (Lipinski definition) is 0. The SMILES string of the molecule is CC1(C)OCC([C@@H]2O[C@H]3OC(C)(C)O[C@H]3[C@@H]2C(C)(C)C)O1. The Morgan fingerprint density at radius 3 is 2.05 bits per heavy atom. The molecular weight excluding hydrogens is 272 g/mol. The van der Waals surface area contributed by atoms with Gasteiger partial charge < -0.3 is 23.7 Å². The first kappa shape index (κ1) is 15.7. The molecule has 0 amide bonds. The van der Waals surface area contributed by atoms with E-state index in [1.54, 1.807) is 0 Å². The van der Waals surface area contributed by atoms with Crippen molar-refractivity contribution < 1.29 is 23.7 Å². The lowest BCUT2D eigenvalue weighted by atomic mass is 9.74. The largest absolute Gasteiger partial charge is 0.348 e. The maximum absolute atomic E-state index is 6.19. The minimum atomic E-state index is -0.587. The fourth-order valence-corrected chi connectivity index (χ4v) is 3.71. The van der Waals surface area contributed by atoms with Crippen molar-refractivity contribution in [3.8, 4) is 0 Å². The zero-order valence-corrected chi connectivity index (χ0v) is 14.1. The molecule has 3 fully saturated rings. The van der Waals surface area contributed by atoms with Gasteiger partial charge in [-0.1, -0.05) is 20.8 Å². The van der Waals surface area contributed by atoms with Gasteiger partial charge in [-0.15, -0.1) is 0 Å². The second-order valence-corrected chi connectivity index (χ2v) is 8.33. The van der Waals surface area contributed by atoms with E-state index in [-0.39, 0.29) is 35.9 Å². The van der Waals surface area contributed by atoms with Gasteiger partial charge in [0.15, 0.2) is 17.9 Å². The van der Waals surface area contributed by atoms with Crippen molar-refractivity contribution in [1.29, 1.82) is 0 Å². The van der Waals surface area contributed by atoms with Crippen LogP contribution < -0.4 is 0 Å². The molecule has 0 spiro atoms. The Morgan fingerprint density at radius 1 is 0.857 bits per heavy atom. The molecule has 0 saturated carbocycles.